The smallest absolute Gasteiger partial charge is 0.414 e. The number of carbonyl (C=O) groups excluding carboxylic acids is 7. The van der Waals surface area contributed by atoms with Gasteiger partial charge in [-0.1, -0.05) is 48.5 Å². The fourth-order valence-corrected chi connectivity index (χ4v) is 10.1. The fourth-order valence-electron chi connectivity index (χ4n) is 9.28. The lowest BCUT2D eigenvalue weighted by atomic mass is 10.0. The van der Waals surface area contributed by atoms with Crippen molar-refractivity contribution in [1.82, 2.24) is 24.6 Å². The Hall–Kier alpha value is -7.59. The average Bonchev–Trinajstić information content (AvgIpc) is 4.25. The van der Waals surface area contributed by atoms with Crippen molar-refractivity contribution in [3.05, 3.63) is 119 Å². The first-order chi connectivity index (χ1) is 38.4. The third-order valence-corrected chi connectivity index (χ3v) is 15.1. The maximum Gasteiger partial charge on any atom is 0.414 e. The number of hydrogen-bond donors (Lipinski definition) is 4. The van der Waals surface area contributed by atoms with Crippen LogP contribution in [0.1, 0.15) is 64.4 Å². The summed E-state index contributed by atoms with van der Waals surface area (Å²) in [5, 5.41) is 2.60. The number of nitrogens with two attached hydrogens (primary N) is 1. The Morgan fingerprint density at radius 1 is 0.568 bits per heavy atom. The van der Waals surface area contributed by atoms with Gasteiger partial charge in [-0.2, -0.15) is 0 Å². The molecule has 8 rings (SSSR count). The van der Waals surface area contributed by atoms with Crippen LogP contribution in [-0.2, 0) is 57.0 Å². The normalized spacial score (nSPS) is 17.6. The molecule has 23 nitrogen and oxygen atoms in total. The van der Waals surface area contributed by atoms with Gasteiger partial charge in [0.1, 0.15) is 23.8 Å². The zero-order valence-electron chi connectivity index (χ0n) is 45.1. The van der Waals surface area contributed by atoms with Gasteiger partial charge in [-0.3, -0.25) is 33.8 Å². The van der Waals surface area contributed by atoms with Gasteiger partial charge in [0.05, 0.1) is 54.9 Å². The predicted molar refractivity (Wildman–Crippen MR) is 297 cm³/mol. The van der Waals surface area contributed by atoms with Gasteiger partial charge in [0, 0.05) is 116 Å². The summed E-state index contributed by atoms with van der Waals surface area (Å²) >= 11 is 0. The van der Waals surface area contributed by atoms with Gasteiger partial charge in [-0.05, 0) is 47.5 Å². The number of rotatable bonds is 21. The Morgan fingerprint density at radius 3 is 1.30 bits per heavy atom. The number of Topliss-reactive ketones (excluding diaryl/α,β-unsaturated/α-hetero) is 2. The maximum atomic E-state index is 15.1. The van der Waals surface area contributed by atoms with Crippen LogP contribution >= 0.6 is 0 Å². The molecule has 0 unspecified atom stereocenters. The van der Waals surface area contributed by atoms with Gasteiger partial charge < -0.3 is 40.1 Å². The van der Waals surface area contributed by atoms with E-state index in [-0.39, 0.29) is 94.2 Å². The van der Waals surface area contributed by atoms with Crippen LogP contribution in [0.4, 0.5) is 41.1 Å². The van der Waals surface area contributed by atoms with Crippen LogP contribution in [0, 0.1) is 11.6 Å². The molecule has 2 atom stereocenters. The van der Waals surface area contributed by atoms with E-state index in [0.717, 1.165) is 18.1 Å². The van der Waals surface area contributed by atoms with Gasteiger partial charge in [0.15, 0.2) is 11.6 Å². The van der Waals surface area contributed by atoms with E-state index in [1.54, 1.807) is 82.6 Å². The van der Waals surface area contributed by atoms with Crippen molar-refractivity contribution in [1.29, 1.82) is 0 Å². The number of amides is 5. The monoisotopic (exact) mass is 1160 g/mol. The van der Waals surface area contributed by atoms with Crippen molar-refractivity contribution >= 4 is 84.3 Å². The number of hydrogen-bond acceptors (Lipinski definition) is 16. The molecule has 0 spiro atoms. The molecular formula is C54H66F2N10O13S2. The van der Waals surface area contributed by atoms with Crippen LogP contribution in [0.5, 0.6) is 0 Å². The third kappa shape index (κ3) is 17.5. The number of nitrogens with zero attached hydrogens (tertiary/aromatic N) is 6. The first-order valence-electron chi connectivity index (χ1n) is 26.1. The van der Waals surface area contributed by atoms with Crippen LogP contribution in [0.3, 0.4) is 0 Å². The van der Waals surface area contributed by atoms with Crippen LogP contribution < -0.4 is 40.1 Å². The van der Waals surface area contributed by atoms with Gasteiger partial charge in [0.25, 0.3) is 0 Å². The zero-order chi connectivity index (χ0) is 58.6. The molecule has 4 aliphatic heterocycles. The number of benzene rings is 4. The van der Waals surface area contributed by atoms with Crippen molar-refractivity contribution in [3.8, 4) is 0 Å². The molecule has 4 aliphatic rings. The van der Waals surface area contributed by atoms with Crippen molar-refractivity contribution < 1.29 is 68.7 Å². The molecule has 4 fully saturated rings. The quantitative estimate of drug-likeness (QED) is 0.0872. The van der Waals surface area contributed by atoms with Crippen molar-refractivity contribution in [2.24, 2.45) is 5.73 Å². The highest BCUT2D eigenvalue weighted by atomic mass is 32.2. The second-order valence-corrected chi connectivity index (χ2v) is 23.5. The molecule has 436 valence electrons. The highest BCUT2D eigenvalue weighted by Gasteiger charge is 2.35. The molecule has 0 aliphatic carbocycles. The Kier molecular flexibility index (Phi) is 20.5. The molecular weight excluding hydrogens is 1100 g/mol. The van der Waals surface area contributed by atoms with E-state index < -0.39 is 56.1 Å². The number of nitrogens with one attached hydrogen (secondary N) is 3. The lowest BCUT2D eigenvalue weighted by molar-refractivity contribution is -0.132. The van der Waals surface area contributed by atoms with Crippen LogP contribution in [0.25, 0.3) is 0 Å². The first-order valence-corrected chi connectivity index (χ1v) is 29.9. The van der Waals surface area contributed by atoms with Crippen LogP contribution in [0.15, 0.2) is 84.9 Å². The lowest BCUT2D eigenvalue weighted by Gasteiger charge is -2.36. The van der Waals surface area contributed by atoms with E-state index in [4.69, 9.17) is 15.2 Å². The standard InChI is InChI=1S/C28H34FN5O7S.C26H32FN5O6S/c1-19(35)30-17-23-18-34(28(38)41-23)22-7-8-25(24(29)15-22)32-11-13-33(14-12-32)27(37)10-9-26(36)21-5-3-20(4-6-21)16-31-42(2,39)40;1-39(36,37)29-16-18-2-4-19(5-3-18)24(33)8-9-25(34)31-12-10-30(11-13-31)23-7-6-20(14-22(23)27)32-17-21(15-28)38-26(32)35/h3-8,15,23,31H,9-14,16-18H2,1-2H3,(H,30,35);2-7,14,21,29H,8-13,15-17,28H2,1H3/t23-;21-/m00/s1. The molecule has 4 aromatic rings. The summed E-state index contributed by atoms with van der Waals surface area (Å²) in [4.78, 5) is 95.6. The molecule has 0 aromatic heterocycles. The Labute approximate surface area is 468 Å². The molecule has 0 radical (unpaired) electrons. The number of carbonyl (C=O) groups is 7. The van der Waals surface area contributed by atoms with Gasteiger partial charge in [-0.15, -0.1) is 0 Å². The summed E-state index contributed by atoms with van der Waals surface area (Å²) in [7, 11) is -6.63. The number of ether oxygens (including phenoxy) is 2. The lowest BCUT2D eigenvalue weighted by Crippen LogP contribution is -2.49. The van der Waals surface area contributed by atoms with Gasteiger partial charge in [-0.25, -0.2) is 44.6 Å². The topological polar surface area (TPSA) is 288 Å². The zero-order valence-corrected chi connectivity index (χ0v) is 46.7. The second-order valence-electron chi connectivity index (χ2n) is 19.8. The molecule has 0 saturated carbocycles. The van der Waals surface area contributed by atoms with E-state index in [2.05, 4.69) is 14.8 Å². The Bertz CT molecular complexity index is 3200. The van der Waals surface area contributed by atoms with Crippen molar-refractivity contribution in [3.63, 3.8) is 0 Å². The second kappa shape index (κ2) is 27.2. The van der Waals surface area contributed by atoms with E-state index in [1.165, 1.54) is 28.9 Å². The molecule has 27 heteroatoms. The van der Waals surface area contributed by atoms with E-state index in [9.17, 15) is 54.8 Å². The minimum absolute atomic E-state index is 0.0423. The Morgan fingerprint density at radius 2 is 0.951 bits per heavy atom. The maximum absolute atomic E-state index is 15.1. The molecule has 4 saturated heterocycles. The predicted octanol–water partition coefficient (Wildman–Crippen LogP) is 3.12. The molecule has 5 N–H and O–H groups in total. The molecule has 81 heavy (non-hydrogen) atoms. The summed E-state index contributed by atoms with van der Waals surface area (Å²) in [5.41, 5.74) is 9.39. The number of anilines is 4. The summed E-state index contributed by atoms with van der Waals surface area (Å²) < 4.78 is 90.1. The highest BCUT2D eigenvalue weighted by Crippen LogP contribution is 2.31. The van der Waals surface area contributed by atoms with Gasteiger partial charge >= 0.3 is 12.2 Å². The summed E-state index contributed by atoms with van der Waals surface area (Å²) in [6, 6.07) is 22.2. The number of ketones is 2. The SMILES string of the molecule is CC(=O)NC[C@H]1CN(c2ccc(N3CCN(C(=O)CCC(=O)c4ccc(CNS(C)(=O)=O)cc4)CC3)c(F)c2)C(=O)O1.CS(=O)(=O)NCc1ccc(C(=O)CCC(=O)N2CCN(c3ccc(N4C[C@H](CN)OC4=O)cc3F)CC2)cc1. The Balaban J connectivity index is 0.000000234. The first kappa shape index (κ1) is 61.0. The van der Waals surface area contributed by atoms with Gasteiger partial charge in [0.2, 0.25) is 37.8 Å². The minimum atomic E-state index is -3.32. The van der Waals surface area contributed by atoms with E-state index in [1.807, 2.05) is 9.80 Å². The van der Waals surface area contributed by atoms with Crippen molar-refractivity contribution in [2.75, 3.05) is 111 Å². The number of sulfonamides is 2. The fraction of sp³-hybridized carbons (Fsp3) is 0.426. The molecule has 5 amide bonds. The molecule has 4 aromatic carbocycles. The number of halogens is 2. The largest absolute Gasteiger partial charge is 0.443 e. The molecule has 4 heterocycles. The van der Waals surface area contributed by atoms with E-state index >= 15 is 4.39 Å². The summed E-state index contributed by atoms with van der Waals surface area (Å²) in [6.07, 6.45) is 0.249. The van der Waals surface area contributed by atoms with Crippen LogP contribution in [0.2, 0.25) is 0 Å². The molecule has 0 bridgehead atoms. The number of cyclic esters (lactones) is 2. The highest BCUT2D eigenvalue weighted by molar-refractivity contribution is 7.88. The summed E-state index contributed by atoms with van der Waals surface area (Å²) in [5.74, 6) is -1.87. The minimum Gasteiger partial charge on any atom is -0.443 e. The van der Waals surface area contributed by atoms with Crippen LogP contribution in [-0.4, -0.2) is 171 Å². The van der Waals surface area contributed by atoms with Crippen molar-refractivity contribution in [2.45, 2.75) is 57.9 Å². The third-order valence-electron chi connectivity index (χ3n) is 13.8. The number of piperazine rings is 2. The van der Waals surface area contributed by atoms with E-state index in [0.29, 0.717) is 91.8 Å². The average molecular weight is 1170 g/mol. The summed E-state index contributed by atoms with van der Waals surface area (Å²) in [6.45, 7) is 5.67.